The van der Waals surface area contributed by atoms with Gasteiger partial charge in [0.1, 0.15) is 5.69 Å². The SMILES string of the molecule is CCCc1nc(C(=O)N2CC[C@H](CS(N)(=O)=O)C2)cs1. The maximum absolute atomic E-state index is 12.3. The number of amides is 1. The Morgan fingerprint density at radius 2 is 2.35 bits per heavy atom. The summed E-state index contributed by atoms with van der Waals surface area (Å²) in [6, 6.07) is 0. The summed E-state index contributed by atoms with van der Waals surface area (Å²) < 4.78 is 22.1. The van der Waals surface area contributed by atoms with Crippen molar-refractivity contribution in [3.63, 3.8) is 0 Å². The molecule has 1 atom stereocenters. The maximum atomic E-state index is 12.3. The number of primary sulfonamides is 1. The van der Waals surface area contributed by atoms with Crippen molar-refractivity contribution < 1.29 is 13.2 Å². The Morgan fingerprint density at radius 3 is 3.00 bits per heavy atom. The number of nitrogens with zero attached hydrogens (tertiary/aromatic N) is 2. The molecule has 1 aliphatic rings. The molecule has 1 aromatic heterocycles. The van der Waals surface area contributed by atoms with Crippen molar-refractivity contribution >= 4 is 27.3 Å². The van der Waals surface area contributed by atoms with E-state index in [0.717, 1.165) is 17.8 Å². The number of likely N-dealkylation sites (tertiary alicyclic amines) is 1. The molecule has 2 rings (SSSR count). The van der Waals surface area contributed by atoms with Gasteiger partial charge in [0.25, 0.3) is 5.91 Å². The quantitative estimate of drug-likeness (QED) is 0.871. The summed E-state index contributed by atoms with van der Waals surface area (Å²) in [5.74, 6) is -0.238. The van der Waals surface area contributed by atoms with E-state index >= 15 is 0 Å². The molecule has 0 spiro atoms. The van der Waals surface area contributed by atoms with E-state index in [9.17, 15) is 13.2 Å². The summed E-state index contributed by atoms with van der Waals surface area (Å²) in [5.41, 5.74) is 0.467. The molecule has 112 valence electrons. The minimum absolute atomic E-state index is 0.0606. The molecule has 0 aliphatic carbocycles. The molecule has 20 heavy (non-hydrogen) atoms. The van der Waals surface area contributed by atoms with Crippen LogP contribution < -0.4 is 5.14 Å². The van der Waals surface area contributed by atoms with Crippen molar-refractivity contribution in [1.29, 1.82) is 0 Å². The third-order valence-corrected chi connectivity index (χ3v) is 5.12. The van der Waals surface area contributed by atoms with Crippen LogP contribution in [-0.2, 0) is 16.4 Å². The molecule has 1 aromatic rings. The van der Waals surface area contributed by atoms with Gasteiger partial charge in [0, 0.05) is 18.5 Å². The van der Waals surface area contributed by atoms with Crippen LogP contribution in [0.4, 0.5) is 0 Å². The first-order valence-corrected chi connectivity index (χ1v) is 9.22. The molecule has 0 saturated carbocycles. The van der Waals surface area contributed by atoms with Crippen molar-refractivity contribution in [2.45, 2.75) is 26.2 Å². The van der Waals surface area contributed by atoms with E-state index in [1.165, 1.54) is 11.3 Å². The molecule has 2 heterocycles. The lowest BCUT2D eigenvalue weighted by Crippen LogP contribution is -2.31. The molecule has 0 bridgehead atoms. The van der Waals surface area contributed by atoms with Gasteiger partial charge in [-0.2, -0.15) is 0 Å². The van der Waals surface area contributed by atoms with E-state index in [0.29, 0.717) is 25.2 Å². The van der Waals surface area contributed by atoms with E-state index in [1.807, 2.05) is 0 Å². The minimum Gasteiger partial charge on any atom is -0.337 e. The summed E-state index contributed by atoms with van der Waals surface area (Å²) in [6.07, 6.45) is 2.56. The topological polar surface area (TPSA) is 93.4 Å². The third-order valence-electron chi connectivity index (χ3n) is 3.28. The zero-order valence-corrected chi connectivity index (χ0v) is 13.0. The molecule has 8 heteroatoms. The summed E-state index contributed by atoms with van der Waals surface area (Å²) in [7, 11) is -3.48. The van der Waals surface area contributed by atoms with Gasteiger partial charge in [-0.15, -0.1) is 11.3 Å². The van der Waals surface area contributed by atoms with E-state index in [-0.39, 0.29) is 17.6 Å². The van der Waals surface area contributed by atoms with Crippen LogP contribution in [0.1, 0.15) is 35.3 Å². The van der Waals surface area contributed by atoms with Gasteiger partial charge in [0.05, 0.1) is 10.8 Å². The normalized spacial score (nSPS) is 19.5. The third kappa shape index (κ3) is 4.00. The van der Waals surface area contributed by atoms with Crippen LogP contribution in [0, 0.1) is 5.92 Å². The first kappa shape index (κ1) is 15.4. The Balaban J connectivity index is 1.96. The number of carbonyl (C=O) groups excluding carboxylic acids is 1. The van der Waals surface area contributed by atoms with Gasteiger partial charge < -0.3 is 4.90 Å². The second kappa shape index (κ2) is 6.19. The van der Waals surface area contributed by atoms with Gasteiger partial charge in [-0.25, -0.2) is 18.5 Å². The Hall–Kier alpha value is -0.990. The number of hydrogen-bond donors (Lipinski definition) is 1. The van der Waals surface area contributed by atoms with Crippen LogP contribution >= 0.6 is 11.3 Å². The molecule has 0 radical (unpaired) electrons. The fourth-order valence-corrected chi connectivity index (χ4v) is 4.18. The van der Waals surface area contributed by atoms with E-state index in [1.54, 1.807) is 10.3 Å². The van der Waals surface area contributed by atoms with E-state index in [4.69, 9.17) is 5.14 Å². The summed E-state index contributed by atoms with van der Waals surface area (Å²) in [4.78, 5) is 18.3. The molecule has 0 aromatic carbocycles. The highest BCUT2D eigenvalue weighted by Crippen LogP contribution is 2.21. The minimum atomic E-state index is -3.48. The molecule has 1 saturated heterocycles. The Morgan fingerprint density at radius 1 is 1.60 bits per heavy atom. The maximum Gasteiger partial charge on any atom is 0.273 e. The smallest absolute Gasteiger partial charge is 0.273 e. The predicted octanol–water partition coefficient (Wildman–Crippen LogP) is 0.846. The lowest BCUT2D eigenvalue weighted by atomic mass is 10.2. The Labute approximate surface area is 123 Å². The highest BCUT2D eigenvalue weighted by atomic mass is 32.2. The van der Waals surface area contributed by atoms with Gasteiger partial charge >= 0.3 is 0 Å². The molecule has 1 fully saturated rings. The highest BCUT2D eigenvalue weighted by Gasteiger charge is 2.30. The number of sulfonamides is 1. The zero-order valence-electron chi connectivity index (χ0n) is 11.4. The van der Waals surface area contributed by atoms with E-state index in [2.05, 4.69) is 11.9 Å². The van der Waals surface area contributed by atoms with Crippen LogP contribution in [0.25, 0.3) is 0 Å². The van der Waals surface area contributed by atoms with Crippen molar-refractivity contribution in [2.75, 3.05) is 18.8 Å². The van der Waals surface area contributed by atoms with Gasteiger partial charge in [-0.3, -0.25) is 4.79 Å². The average molecular weight is 317 g/mol. The molecular weight excluding hydrogens is 298 g/mol. The Bertz CT molecular complexity index is 583. The van der Waals surface area contributed by atoms with Crippen LogP contribution in [0.5, 0.6) is 0 Å². The first-order chi connectivity index (χ1) is 9.39. The first-order valence-electron chi connectivity index (χ1n) is 6.63. The van der Waals surface area contributed by atoms with Crippen molar-refractivity contribution in [3.05, 3.63) is 16.1 Å². The zero-order chi connectivity index (χ0) is 14.8. The van der Waals surface area contributed by atoms with Gasteiger partial charge in [-0.05, 0) is 25.2 Å². The fourth-order valence-electron chi connectivity index (χ4n) is 2.38. The summed E-state index contributed by atoms with van der Waals surface area (Å²) in [5, 5.41) is 7.79. The second-order valence-electron chi connectivity index (χ2n) is 5.11. The molecular formula is C12H19N3O3S2. The van der Waals surface area contributed by atoms with Crippen LogP contribution in [0.3, 0.4) is 0 Å². The van der Waals surface area contributed by atoms with Crippen molar-refractivity contribution in [2.24, 2.45) is 11.1 Å². The second-order valence-corrected chi connectivity index (χ2v) is 7.71. The number of carbonyl (C=O) groups is 1. The summed E-state index contributed by atoms with van der Waals surface area (Å²) >= 11 is 1.50. The lowest BCUT2D eigenvalue weighted by Gasteiger charge is -2.14. The molecule has 6 nitrogen and oxygen atoms in total. The highest BCUT2D eigenvalue weighted by molar-refractivity contribution is 7.89. The van der Waals surface area contributed by atoms with Gasteiger partial charge in [-0.1, -0.05) is 6.92 Å². The number of nitrogens with two attached hydrogens (primary N) is 1. The standard InChI is InChI=1S/C12H19N3O3S2/c1-2-3-11-14-10(7-19-11)12(16)15-5-4-9(6-15)8-20(13,17)18/h7,9H,2-6,8H2,1H3,(H2,13,17,18)/t9-/m0/s1. The molecule has 1 amide bonds. The fraction of sp³-hybridized carbons (Fsp3) is 0.667. The molecule has 1 aliphatic heterocycles. The monoisotopic (exact) mass is 317 g/mol. The largest absolute Gasteiger partial charge is 0.337 e. The number of hydrogen-bond acceptors (Lipinski definition) is 5. The van der Waals surface area contributed by atoms with E-state index < -0.39 is 10.0 Å². The predicted molar refractivity (Wildman–Crippen MR) is 78.1 cm³/mol. The van der Waals surface area contributed by atoms with Crippen molar-refractivity contribution in [1.82, 2.24) is 9.88 Å². The lowest BCUT2D eigenvalue weighted by molar-refractivity contribution is 0.0783. The average Bonchev–Trinajstić information content (AvgIpc) is 2.96. The molecule has 2 N–H and O–H groups in total. The summed E-state index contributed by atoms with van der Waals surface area (Å²) in [6.45, 7) is 3.08. The van der Waals surface area contributed by atoms with Crippen LogP contribution in [0.15, 0.2) is 5.38 Å². The van der Waals surface area contributed by atoms with Gasteiger partial charge in [0.15, 0.2) is 0 Å². The number of rotatable bonds is 5. The van der Waals surface area contributed by atoms with Gasteiger partial charge in [0.2, 0.25) is 10.0 Å². The van der Waals surface area contributed by atoms with Crippen LogP contribution in [-0.4, -0.2) is 43.1 Å². The number of aromatic nitrogens is 1. The number of thiazole rings is 1. The number of aryl methyl sites for hydroxylation is 1. The van der Waals surface area contributed by atoms with Crippen molar-refractivity contribution in [3.8, 4) is 0 Å². The molecule has 0 unspecified atom stereocenters. The van der Waals surface area contributed by atoms with Crippen LogP contribution in [0.2, 0.25) is 0 Å². The Kier molecular flexibility index (Phi) is 4.77.